The van der Waals surface area contributed by atoms with Gasteiger partial charge in [0, 0.05) is 25.0 Å². The van der Waals surface area contributed by atoms with E-state index in [0.29, 0.717) is 6.54 Å². The van der Waals surface area contributed by atoms with Crippen LogP contribution >= 0.6 is 0 Å². The van der Waals surface area contributed by atoms with Crippen molar-refractivity contribution in [1.29, 1.82) is 5.26 Å². The Hall–Kier alpha value is -1.49. The largest absolute Gasteiger partial charge is 0.315 e. The Morgan fingerprint density at radius 1 is 1.50 bits per heavy atom. The molecule has 18 heavy (non-hydrogen) atoms. The van der Waals surface area contributed by atoms with Gasteiger partial charge in [-0.15, -0.1) is 0 Å². The lowest BCUT2D eigenvalue weighted by Crippen LogP contribution is -2.45. The van der Waals surface area contributed by atoms with Crippen molar-refractivity contribution in [2.45, 2.75) is 23.8 Å². The number of aromatic nitrogens is 1. The summed E-state index contributed by atoms with van der Waals surface area (Å²) < 4.78 is 26.8. The van der Waals surface area contributed by atoms with Crippen LogP contribution in [0.2, 0.25) is 0 Å². The van der Waals surface area contributed by atoms with E-state index < -0.39 is 10.0 Å². The first kappa shape index (κ1) is 13.0. The molecule has 0 unspecified atom stereocenters. The van der Waals surface area contributed by atoms with Gasteiger partial charge in [0.1, 0.15) is 11.0 Å². The van der Waals surface area contributed by atoms with E-state index in [0.717, 1.165) is 19.4 Å². The zero-order valence-electron chi connectivity index (χ0n) is 9.76. The van der Waals surface area contributed by atoms with Crippen molar-refractivity contribution in [3.05, 3.63) is 24.0 Å². The molecule has 1 aliphatic heterocycles. The van der Waals surface area contributed by atoms with Gasteiger partial charge in [0.05, 0.1) is 5.56 Å². The number of nitrogens with zero attached hydrogens (tertiary/aromatic N) is 2. The smallest absolute Gasteiger partial charge is 0.242 e. The van der Waals surface area contributed by atoms with Gasteiger partial charge >= 0.3 is 0 Å². The summed E-state index contributed by atoms with van der Waals surface area (Å²) in [5, 5.41) is 11.9. The number of rotatable bonds is 3. The van der Waals surface area contributed by atoms with Gasteiger partial charge in [-0.05, 0) is 25.5 Å². The minimum Gasteiger partial charge on any atom is -0.315 e. The summed E-state index contributed by atoms with van der Waals surface area (Å²) in [7, 11) is -3.60. The van der Waals surface area contributed by atoms with Crippen LogP contribution in [-0.2, 0) is 10.0 Å². The van der Waals surface area contributed by atoms with E-state index in [1.165, 1.54) is 18.5 Å². The number of nitrogens with one attached hydrogen (secondary N) is 2. The molecule has 2 N–H and O–H groups in total. The van der Waals surface area contributed by atoms with Gasteiger partial charge in [0.2, 0.25) is 10.0 Å². The van der Waals surface area contributed by atoms with Crippen molar-refractivity contribution in [2.75, 3.05) is 13.1 Å². The van der Waals surface area contributed by atoms with Crippen LogP contribution < -0.4 is 10.0 Å². The molecule has 0 aliphatic carbocycles. The highest BCUT2D eigenvalue weighted by Gasteiger charge is 2.22. The van der Waals surface area contributed by atoms with E-state index in [4.69, 9.17) is 5.26 Å². The first-order chi connectivity index (χ1) is 8.62. The lowest BCUT2D eigenvalue weighted by atomic mass is 10.1. The number of nitriles is 1. The molecule has 0 amide bonds. The second-order valence-electron chi connectivity index (χ2n) is 4.19. The first-order valence-corrected chi connectivity index (χ1v) is 7.18. The first-order valence-electron chi connectivity index (χ1n) is 5.70. The lowest BCUT2D eigenvalue weighted by Gasteiger charge is -2.23. The lowest BCUT2D eigenvalue weighted by molar-refractivity contribution is 0.428. The summed E-state index contributed by atoms with van der Waals surface area (Å²) in [5.41, 5.74) is 0.236. The molecule has 2 rings (SSSR count). The van der Waals surface area contributed by atoms with E-state index in [9.17, 15) is 8.42 Å². The minimum atomic E-state index is -3.60. The fraction of sp³-hybridized carbons (Fsp3) is 0.455. The molecule has 6 nitrogen and oxygen atoms in total. The summed E-state index contributed by atoms with van der Waals surface area (Å²) in [4.78, 5) is 3.79. The third-order valence-electron chi connectivity index (χ3n) is 2.77. The number of piperidine rings is 1. The molecule has 0 radical (unpaired) electrons. The second-order valence-corrected chi connectivity index (χ2v) is 5.90. The van der Waals surface area contributed by atoms with E-state index in [1.807, 2.05) is 6.07 Å². The Labute approximate surface area is 106 Å². The molecular formula is C11H14N4O2S. The predicted molar refractivity (Wildman–Crippen MR) is 65.2 cm³/mol. The molecule has 0 saturated carbocycles. The SMILES string of the molecule is N#Cc1cncc(S(=O)(=O)N[C@H]2CCCNC2)c1. The van der Waals surface area contributed by atoms with E-state index in [2.05, 4.69) is 15.0 Å². The van der Waals surface area contributed by atoms with Crippen LogP contribution in [0.1, 0.15) is 18.4 Å². The molecule has 1 atom stereocenters. The van der Waals surface area contributed by atoms with Crippen molar-refractivity contribution in [3.8, 4) is 6.07 Å². The van der Waals surface area contributed by atoms with Gasteiger partial charge in [-0.2, -0.15) is 5.26 Å². The number of sulfonamides is 1. The van der Waals surface area contributed by atoms with E-state index in [1.54, 1.807) is 0 Å². The van der Waals surface area contributed by atoms with Gasteiger partial charge < -0.3 is 5.32 Å². The molecule has 1 saturated heterocycles. The normalized spacial score (nSPS) is 20.3. The topological polar surface area (TPSA) is 94.9 Å². The standard InChI is InChI=1S/C11H14N4O2S/c12-5-9-4-11(8-14-6-9)18(16,17)15-10-2-1-3-13-7-10/h4,6,8,10,13,15H,1-3,7H2/t10-/m0/s1. The van der Waals surface area contributed by atoms with Gasteiger partial charge in [-0.3, -0.25) is 4.98 Å². The van der Waals surface area contributed by atoms with Crippen molar-refractivity contribution < 1.29 is 8.42 Å². The zero-order valence-corrected chi connectivity index (χ0v) is 10.6. The fourth-order valence-corrected chi connectivity index (χ4v) is 3.12. The third-order valence-corrected chi connectivity index (χ3v) is 4.26. The molecule has 1 aromatic rings. The maximum atomic E-state index is 12.1. The van der Waals surface area contributed by atoms with Crippen LogP contribution in [0.4, 0.5) is 0 Å². The molecular weight excluding hydrogens is 252 g/mol. The van der Waals surface area contributed by atoms with Crippen LogP contribution in [0.3, 0.4) is 0 Å². The van der Waals surface area contributed by atoms with Gasteiger partial charge in [0.25, 0.3) is 0 Å². The Morgan fingerprint density at radius 3 is 3.00 bits per heavy atom. The quantitative estimate of drug-likeness (QED) is 0.802. The summed E-state index contributed by atoms with van der Waals surface area (Å²) in [6.45, 7) is 1.55. The molecule has 7 heteroatoms. The van der Waals surface area contributed by atoms with Crippen LogP contribution in [0.15, 0.2) is 23.4 Å². The van der Waals surface area contributed by atoms with Gasteiger partial charge in [-0.1, -0.05) is 0 Å². The highest BCUT2D eigenvalue weighted by Crippen LogP contribution is 2.11. The van der Waals surface area contributed by atoms with Crippen LogP contribution in [0.5, 0.6) is 0 Å². The summed E-state index contributed by atoms with van der Waals surface area (Å²) in [6.07, 6.45) is 4.35. The summed E-state index contributed by atoms with van der Waals surface area (Å²) in [6, 6.07) is 3.10. The Bertz CT molecular complexity index is 559. The summed E-state index contributed by atoms with van der Waals surface area (Å²) in [5.74, 6) is 0. The van der Waals surface area contributed by atoms with Crippen molar-refractivity contribution in [1.82, 2.24) is 15.0 Å². The number of pyridine rings is 1. The van der Waals surface area contributed by atoms with Crippen LogP contribution in [0.25, 0.3) is 0 Å². The molecule has 1 aliphatic rings. The summed E-state index contributed by atoms with van der Waals surface area (Å²) >= 11 is 0. The predicted octanol–water partition coefficient (Wildman–Crippen LogP) is -0.0164. The fourth-order valence-electron chi connectivity index (χ4n) is 1.87. The average molecular weight is 266 g/mol. The average Bonchev–Trinajstić information content (AvgIpc) is 2.39. The Morgan fingerprint density at radius 2 is 2.33 bits per heavy atom. The maximum absolute atomic E-state index is 12.1. The van der Waals surface area contributed by atoms with Crippen molar-refractivity contribution in [3.63, 3.8) is 0 Å². The van der Waals surface area contributed by atoms with E-state index in [-0.39, 0.29) is 16.5 Å². The molecule has 1 aromatic heterocycles. The van der Waals surface area contributed by atoms with Gasteiger partial charge in [-0.25, -0.2) is 13.1 Å². The monoisotopic (exact) mass is 266 g/mol. The number of hydrogen-bond acceptors (Lipinski definition) is 5. The molecule has 0 aromatic carbocycles. The molecule has 0 spiro atoms. The molecule has 2 heterocycles. The molecule has 0 bridgehead atoms. The zero-order chi connectivity index (χ0) is 13.0. The highest BCUT2D eigenvalue weighted by atomic mass is 32.2. The van der Waals surface area contributed by atoms with Crippen LogP contribution in [-0.4, -0.2) is 32.5 Å². The van der Waals surface area contributed by atoms with Crippen molar-refractivity contribution >= 4 is 10.0 Å². The molecule has 96 valence electrons. The van der Waals surface area contributed by atoms with Crippen molar-refractivity contribution in [2.24, 2.45) is 0 Å². The third kappa shape index (κ3) is 3.04. The Kier molecular flexibility index (Phi) is 3.91. The molecule has 1 fully saturated rings. The number of hydrogen-bond donors (Lipinski definition) is 2. The Balaban J connectivity index is 2.17. The second kappa shape index (κ2) is 5.44. The van der Waals surface area contributed by atoms with Gasteiger partial charge in [0.15, 0.2) is 0 Å². The highest BCUT2D eigenvalue weighted by molar-refractivity contribution is 7.89. The van der Waals surface area contributed by atoms with Crippen LogP contribution in [0, 0.1) is 11.3 Å². The minimum absolute atomic E-state index is 0.0344. The maximum Gasteiger partial charge on any atom is 0.242 e. The van der Waals surface area contributed by atoms with E-state index >= 15 is 0 Å².